The molecule has 0 aromatic carbocycles. The van der Waals surface area contributed by atoms with Crippen molar-refractivity contribution in [1.29, 1.82) is 0 Å². The highest BCUT2D eigenvalue weighted by atomic mass is 35.5. The maximum absolute atomic E-state index is 10.7. The molecule has 1 aliphatic heterocycles. The molecule has 6 nitrogen and oxygen atoms in total. The first kappa shape index (κ1) is 14.5. The summed E-state index contributed by atoms with van der Waals surface area (Å²) in [5.41, 5.74) is -0.0758. The maximum atomic E-state index is 10.7. The molecule has 0 bridgehead atoms. The van der Waals surface area contributed by atoms with Gasteiger partial charge in [-0.2, -0.15) is 0 Å². The molecule has 1 saturated heterocycles. The number of hydrogen-bond acceptors (Lipinski definition) is 5. The summed E-state index contributed by atoms with van der Waals surface area (Å²) in [6, 6.07) is 1.59. The standard InChI is InChI=1S/C14H18ClN3O3/c15-12-7-11(18(19)20)9-16-13(12)17-10-3-6-21-14(8-10)4-1-2-5-14/h7,9-10H,1-6,8H2,(H,16,17). The zero-order chi connectivity index (χ0) is 14.9. The minimum Gasteiger partial charge on any atom is -0.375 e. The second kappa shape index (κ2) is 5.77. The quantitative estimate of drug-likeness (QED) is 0.682. The number of ether oxygens (including phenoxy) is 1. The summed E-state index contributed by atoms with van der Waals surface area (Å²) in [5.74, 6) is 0.516. The Morgan fingerprint density at radius 1 is 1.48 bits per heavy atom. The molecule has 114 valence electrons. The van der Waals surface area contributed by atoms with Crippen LogP contribution >= 0.6 is 11.6 Å². The molecule has 2 fully saturated rings. The van der Waals surface area contributed by atoms with Gasteiger partial charge in [-0.3, -0.25) is 10.1 Å². The largest absolute Gasteiger partial charge is 0.375 e. The average Bonchev–Trinajstić information content (AvgIpc) is 2.89. The van der Waals surface area contributed by atoms with E-state index >= 15 is 0 Å². The Morgan fingerprint density at radius 3 is 2.90 bits per heavy atom. The van der Waals surface area contributed by atoms with E-state index < -0.39 is 4.92 Å². The van der Waals surface area contributed by atoms with Crippen molar-refractivity contribution in [1.82, 2.24) is 4.98 Å². The summed E-state index contributed by atoms with van der Waals surface area (Å²) in [6.07, 6.45) is 7.77. The van der Waals surface area contributed by atoms with Crippen LogP contribution in [0.5, 0.6) is 0 Å². The Kier molecular flexibility index (Phi) is 3.99. The Hall–Kier alpha value is -1.40. The van der Waals surface area contributed by atoms with Crippen molar-refractivity contribution in [2.24, 2.45) is 0 Å². The van der Waals surface area contributed by atoms with Crippen molar-refractivity contribution >= 4 is 23.1 Å². The van der Waals surface area contributed by atoms with Crippen LogP contribution < -0.4 is 5.32 Å². The van der Waals surface area contributed by atoms with Gasteiger partial charge in [0.15, 0.2) is 0 Å². The Bertz CT molecular complexity index is 546. The van der Waals surface area contributed by atoms with E-state index in [1.807, 2.05) is 0 Å². The van der Waals surface area contributed by atoms with Crippen LogP contribution in [0.15, 0.2) is 12.3 Å². The molecule has 2 aliphatic rings. The van der Waals surface area contributed by atoms with Crippen LogP contribution in [-0.4, -0.2) is 28.2 Å². The molecule has 0 radical (unpaired) electrons. The van der Waals surface area contributed by atoms with Crippen molar-refractivity contribution in [2.45, 2.75) is 50.2 Å². The predicted octanol–water partition coefficient (Wildman–Crippen LogP) is 3.55. The summed E-state index contributed by atoms with van der Waals surface area (Å²) < 4.78 is 5.99. The molecule has 1 unspecified atom stereocenters. The van der Waals surface area contributed by atoms with Crippen molar-refractivity contribution < 1.29 is 9.66 Å². The SMILES string of the molecule is O=[N+]([O-])c1cnc(NC2CCOC3(CCCC3)C2)c(Cl)c1. The molecule has 1 saturated carbocycles. The number of nitro groups is 1. The van der Waals surface area contributed by atoms with E-state index in [0.717, 1.165) is 32.3 Å². The molecule has 1 spiro atoms. The zero-order valence-electron chi connectivity index (χ0n) is 11.7. The molecule has 1 atom stereocenters. The highest BCUT2D eigenvalue weighted by molar-refractivity contribution is 6.33. The molecule has 1 aromatic heterocycles. The van der Waals surface area contributed by atoms with E-state index in [1.54, 1.807) is 0 Å². The summed E-state index contributed by atoms with van der Waals surface area (Å²) >= 11 is 6.08. The van der Waals surface area contributed by atoms with E-state index in [0.29, 0.717) is 5.82 Å². The first-order valence-corrected chi connectivity index (χ1v) is 7.66. The number of anilines is 1. The van der Waals surface area contributed by atoms with E-state index in [4.69, 9.17) is 16.3 Å². The van der Waals surface area contributed by atoms with Gasteiger partial charge in [-0.25, -0.2) is 4.98 Å². The van der Waals surface area contributed by atoms with Crippen molar-refractivity contribution in [3.05, 3.63) is 27.4 Å². The fourth-order valence-corrected chi connectivity index (χ4v) is 3.56. The molecule has 7 heteroatoms. The molecule has 2 heterocycles. The van der Waals surface area contributed by atoms with Crippen LogP contribution in [-0.2, 0) is 4.74 Å². The average molecular weight is 312 g/mol. The van der Waals surface area contributed by atoms with Crippen LogP contribution in [0.3, 0.4) is 0 Å². The van der Waals surface area contributed by atoms with Gasteiger partial charge in [-0.05, 0) is 25.7 Å². The van der Waals surface area contributed by atoms with Crippen molar-refractivity contribution in [3.63, 3.8) is 0 Å². The topological polar surface area (TPSA) is 77.3 Å². The molecule has 0 amide bonds. The Labute approximate surface area is 128 Å². The fourth-order valence-electron chi connectivity index (χ4n) is 3.35. The number of pyridine rings is 1. The van der Waals surface area contributed by atoms with Gasteiger partial charge in [0.2, 0.25) is 0 Å². The normalized spacial score (nSPS) is 24.1. The molecular formula is C14H18ClN3O3. The number of halogens is 1. The van der Waals surface area contributed by atoms with Crippen molar-refractivity contribution in [2.75, 3.05) is 11.9 Å². The van der Waals surface area contributed by atoms with Crippen LogP contribution in [0.2, 0.25) is 5.02 Å². The summed E-state index contributed by atoms with van der Waals surface area (Å²) in [6.45, 7) is 0.738. The first-order chi connectivity index (χ1) is 10.1. The zero-order valence-corrected chi connectivity index (χ0v) is 12.4. The number of aromatic nitrogens is 1. The van der Waals surface area contributed by atoms with Gasteiger partial charge >= 0.3 is 0 Å². The second-order valence-corrected chi connectivity index (χ2v) is 6.26. The third-order valence-corrected chi connectivity index (χ3v) is 4.67. The molecule has 1 aromatic rings. The highest BCUT2D eigenvalue weighted by Gasteiger charge is 2.40. The lowest BCUT2D eigenvalue weighted by atomic mass is 9.89. The monoisotopic (exact) mass is 311 g/mol. The third kappa shape index (κ3) is 3.11. The fraction of sp³-hybridized carbons (Fsp3) is 0.643. The lowest BCUT2D eigenvalue weighted by Gasteiger charge is -2.38. The number of nitrogens with zero attached hydrogens (tertiary/aromatic N) is 2. The molecule has 21 heavy (non-hydrogen) atoms. The van der Waals surface area contributed by atoms with Gasteiger partial charge in [-0.1, -0.05) is 24.4 Å². The van der Waals surface area contributed by atoms with Crippen LogP contribution in [0.4, 0.5) is 11.5 Å². The van der Waals surface area contributed by atoms with Gasteiger partial charge in [0.25, 0.3) is 5.69 Å². The molecule has 3 rings (SSSR count). The Morgan fingerprint density at radius 2 is 2.24 bits per heavy atom. The number of rotatable bonds is 3. The molecule has 1 aliphatic carbocycles. The minimum atomic E-state index is -0.495. The van der Waals surface area contributed by atoms with Crippen LogP contribution in [0.25, 0.3) is 0 Å². The molecular weight excluding hydrogens is 294 g/mol. The number of hydrogen-bond donors (Lipinski definition) is 1. The van der Waals surface area contributed by atoms with Crippen molar-refractivity contribution in [3.8, 4) is 0 Å². The van der Waals surface area contributed by atoms with Crippen LogP contribution in [0, 0.1) is 10.1 Å². The van der Waals surface area contributed by atoms with E-state index in [9.17, 15) is 10.1 Å². The Balaban J connectivity index is 1.70. The summed E-state index contributed by atoms with van der Waals surface area (Å²) in [4.78, 5) is 14.3. The second-order valence-electron chi connectivity index (χ2n) is 5.85. The minimum absolute atomic E-state index is 0.0170. The lowest BCUT2D eigenvalue weighted by molar-refractivity contribution is -0.385. The van der Waals surface area contributed by atoms with Gasteiger partial charge in [0, 0.05) is 18.7 Å². The van der Waals surface area contributed by atoms with E-state index in [1.165, 1.54) is 25.1 Å². The molecule has 1 N–H and O–H groups in total. The van der Waals surface area contributed by atoms with E-state index in [2.05, 4.69) is 10.3 Å². The third-order valence-electron chi connectivity index (χ3n) is 4.39. The van der Waals surface area contributed by atoms with Crippen LogP contribution in [0.1, 0.15) is 38.5 Å². The predicted molar refractivity (Wildman–Crippen MR) is 79.7 cm³/mol. The highest BCUT2D eigenvalue weighted by Crippen LogP contribution is 2.40. The van der Waals surface area contributed by atoms with Gasteiger partial charge in [0.05, 0.1) is 15.5 Å². The van der Waals surface area contributed by atoms with Gasteiger partial charge < -0.3 is 10.1 Å². The maximum Gasteiger partial charge on any atom is 0.289 e. The lowest BCUT2D eigenvalue weighted by Crippen LogP contribution is -2.42. The first-order valence-electron chi connectivity index (χ1n) is 7.28. The summed E-state index contributed by atoms with van der Waals surface area (Å²) in [5, 5.41) is 14.3. The number of nitrogens with one attached hydrogen (secondary N) is 1. The summed E-state index contributed by atoms with van der Waals surface area (Å²) in [7, 11) is 0. The smallest absolute Gasteiger partial charge is 0.289 e. The van der Waals surface area contributed by atoms with Gasteiger partial charge in [-0.15, -0.1) is 0 Å². The van der Waals surface area contributed by atoms with Gasteiger partial charge in [0.1, 0.15) is 12.0 Å². The van der Waals surface area contributed by atoms with E-state index in [-0.39, 0.29) is 22.4 Å².